The summed E-state index contributed by atoms with van der Waals surface area (Å²) in [5.74, 6) is -1.32. The van der Waals surface area contributed by atoms with Gasteiger partial charge in [0.15, 0.2) is 0 Å². The number of aliphatic hydroxyl groups is 1. The molecule has 3 amide bonds. The zero-order valence-corrected chi connectivity index (χ0v) is 22.8. The topological polar surface area (TPSA) is 98.7 Å². The van der Waals surface area contributed by atoms with Gasteiger partial charge in [0.1, 0.15) is 6.04 Å². The van der Waals surface area contributed by atoms with Crippen molar-refractivity contribution in [2.24, 2.45) is 17.8 Å². The van der Waals surface area contributed by atoms with Crippen LogP contribution >= 0.6 is 11.8 Å². The molecule has 2 aromatic carbocycles. The molecule has 2 unspecified atom stereocenters. The van der Waals surface area contributed by atoms with Gasteiger partial charge in [0.05, 0.1) is 29.2 Å². The van der Waals surface area contributed by atoms with E-state index in [-0.39, 0.29) is 35.5 Å². The predicted octanol–water partition coefficient (Wildman–Crippen LogP) is 3.12. The molecule has 3 aliphatic heterocycles. The first-order chi connectivity index (χ1) is 18.4. The van der Waals surface area contributed by atoms with Gasteiger partial charge in [-0.25, -0.2) is 0 Å². The summed E-state index contributed by atoms with van der Waals surface area (Å²) in [6.07, 6.45) is 2.09. The van der Waals surface area contributed by atoms with Crippen LogP contribution in [0, 0.1) is 17.8 Å². The lowest BCUT2D eigenvalue weighted by molar-refractivity contribution is -0.143. The first kappa shape index (κ1) is 26.8. The number of nitrogens with one attached hydrogen (secondary N) is 2. The van der Waals surface area contributed by atoms with Crippen LogP contribution in [0.25, 0.3) is 0 Å². The summed E-state index contributed by atoms with van der Waals surface area (Å²) in [5, 5.41) is 16.5. The smallest absolute Gasteiger partial charge is 0.244 e. The summed E-state index contributed by atoms with van der Waals surface area (Å²) in [5.41, 5.74) is 1.98. The van der Waals surface area contributed by atoms with Crippen molar-refractivity contribution >= 4 is 29.5 Å². The zero-order chi connectivity index (χ0) is 26.9. The van der Waals surface area contributed by atoms with Crippen molar-refractivity contribution in [2.75, 3.05) is 6.61 Å². The van der Waals surface area contributed by atoms with E-state index in [0.29, 0.717) is 25.9 Å². The Balaban J connectivity index is 1.43. The Morgan fingerprint density at radius 3 is 2.13 bits per heavy atom. The molecule has 1 spiro atoms. The molecule has 8 heteroatoms. The molecule has 38 heavy (non-hydrogen) atoms. The maximum atomic E-state index is 14.2. The van der Waals surface area contributed by atoms with Crippen LogP contribution in [0.1, 0.15) is 44.2 Å². The Kier molecular flexibility index (Phi) is 7.82. The van der Waals surface area contributed by atoms with Gasteiger partial charge in [-0.05, 0) is 36.3 Å². The van der Waals surface area contributed by atoms with Crippen molar-refractivity contribution in [3.05, 3.63) is 71.8 Å². The van der Waals surface area contributed by atoms with E-state index in [9.17, 15) is 19.5 Å². The van der Waals surface area contributed by atoms with Crippen molar-refractivity contribution in [3.8, 4) is 0 Å². The van der Waals surface area contributed by atoms with Gasteiger partial charge in [0, 0.05) is 18.3 Å². The number of likely N-dealkylation sites (tertiary alicyclic amines) is 1. The van der Waals surface area contributed by atoms with Gasteiger partial charge in [0.25, 0.3) is 0 Å². The van der Waals surface area contributed by atoms with Gasteiger partial charge in [-0.2, -0.15) is 0 Å². The third kappa shape index (κ3) is 4.84. The van der Waals surface area contributed by atoms with Crippen molar-refractivity contribution in [1.29, 1.82) is 0 Å². The number of hydrogen-bond acceptors (Lipinski definition) is 5. The maximum absolute atomic E-state index is 14.2. The van der Waals surface area contributed by atoms with Crippen molar-refractivity contribution < 1.29 is 19.5 Å². The number of hydrogen-bond donors (Lipinski definition) is 3. The molecule has 3 heterocycles. The minimum absolute atomic E-state index is 0.00368. The van der Waals surface area contributed by atoms with Gasteiger partial charge in [-0.15, -0.1) is 11.8 Å². The molecule has 0 aliphatic carbocycles. The molecule has 5 rings (SSSR count). The molecule has 0 aromatic heterocycles. The molecule has 0 saturated carbocycles. The normalized spacial score (nSPS) is 28.4. The number of fused-ring (bicyclic) bond motifs is 1. The van der Waals surface area contributed by atoms with Crippen LogP contribution in [0.3, 0.4) is 0 Å². The molecule has 2 bridgehead atoms. The predicted molar refractivity (Wildman–Crippen MR) is 148 cm³/mol. The number of aliphatic hydroxyl groups excluding tert-OH is 1. The molecule has 3 saturated heterocycles. The number of nitrogens with zero attached hydrogens (tertiary/aromatic N) is 1. The Bertz CT molecular complexity index is 1160. The van der Waals surface area contributed by atoms with Crippen LogP contribution in [0.15, 0.2) is 60.7 Å². The lowest BCUT2D eigenvalue weighted by Gasteiger charge is -2.37. The van der Waals surface area contributed by atoms with E-state index in [0.717, 1.165) is 17.5 Å². The molecule has 0 radical (unpaired) electrons. The molecule has 3 fully saturated rings. The minimum Gasteiger partial charge on any atom is -0.394 e. The Morgan fingerprint density at radius 1 is 1.00 bits per heavy atom. The van der Waals surface area contributed by atoms with Crippen molar-refractivity contribution in [1.82, 2.24) is 15.5 Å². The molecule has 3 N–H and O–H groups in total. The SMILES string of the molecule is CC(C)C[C@H](CO)N1C(=O)[C@@H]2[C@@H](C(=O)NCc3ccccc3)[C@H]3CCC2(S3)C1C(=O)NCc1ccccc1. The molecule has 7 nitrogen and oxygen atoms in total. The van der Waals surface area contributed by atoms with E-state index >= 15 is 0 Å². The fourth-order valence-corrected chi connectivity index (χ4v) is 8.89. The highest BCUT2D eigenvalue weighted by Gasteiger charge is 2.74. The van der Waals surface area contributed by atoms with Crippen LogP contribution in [0.2, 0.25) is 0 Å². The van der Waals surface area contributed by atoms with Gasteiger partial charge in [0.2, 0.25) is 17.7 Å². The highest BCUT2D eigenvalue weighted by Crippen LogP contribution is 2.66. The van der Waals surface area contributed by atoms with Crippen LogP contribution in [-0.2, 0) is 27.5 Å². The Hall–Kier alpha value is -2.84. The highest BCUT2D eigenvalue weighted by atomic mass is 32.2. The molecule has 202 valence electrons. The van der Waals surface area contributed by atoms with Gasteiger partial charge in [-0.3, -0.25) is 14.4 Å². The van der Waals surface area contributed by atoms with Gasteiger partial charge in [-0.1, -0.05) is 74.5 Å². The third-order valence-corrected chi connectivity index (χ3v) is 10.2. The number of carbonyl (C=O) groups excluding carboxylic acids is 3. The van der Waals surface area contributed by atoms with E-state index in [4.69, 9.17) is 0 Å². The lowest BCUT2D eigenvalue weighted by atomic mass is 9.70. The summed E-state index contributed by atoms with van der Waals surface area (Å²) in [7, 11) is 0. The number of rotatable bonds is 10. The standard InChI is InChI=1S/C30H37N3O4S/c1-19(2)15-22(18-34)33-26(28(36)32-17-21-11-7-4-8-12-21)30-14-13-23(38-30)24(25(30)29(33)37)27(35)31-16-20-9-5-3-6-10-20/h3-12,19,22-26,34H,13-18H2,1-2H3,(H,31,35)(H,32,36)/t22-,23-,24+,25+,26?,30?/m1/s1. The van der Waals surface area contributed by atoms with Crippen molar-refractivity contribution in [3.63, 3.8) is 0 Å². The minimum atomic E-state index is -0.721. The van der Waals surface area contributed by atoms with Crippen LogP contribution in [0.4, 0.5) is 0 Å². The van der Waals surface area contributed by atoms with Gasteiger partial charge >= 0.3 is 0 Å². The van der Waals surface area contributed by atoms with Crippen LogP contribution in [0.5, 0.6) is 0 Å². The number of carbonyl (C=O) groups is 3. The van der Waals surface area contributed by atoms with Crippen molar-refractivity contribution in [2.45, 2.75) is 68.3 Å². The summed E-state index contributed by atoms with van der Waals surface area (Å²) in [4.78, 5) is 43.3. The fourth-order valence-electron chi connectivity index (χ4n) is 6.69. The largest absolute Gasteiger partial charge is 0.394 e. The lowest BCUT2D eigenvalue weighted by Crippen LogP contribution is -2.56. The van der Waals surface area contributed by atoms with Crippen LogP contribution in [-0.4, -0.2) is 56.4 Å². The average Bonchev–Trinajstić information content (AvgIpc) is 3.57. The first-order valence-corrected chi connectivity index (χ1v) is 14.5. The summed E-state index contributed by atoms with van der Waals surface area (Å²) < 4.78 is -0.665. The maximum Gasteiger partial charge on any atom is 0.244 e. The Morgan fingerprint density at radius 2 is 1.58 bits per heavy atom. The van der Waals surface area contributed by atoms with E-state index in [1.54, 1.807) is 16.7 Å². The second-order valence-corrected chi connectivity index (χ2v) is 12.8. The van der Waals surface area contributed by atoms with E-state index < -0.39 is 28.7 Å². The monoisotopic (exact) mass is 535 g/mol. The highest BCUT2D eigenvalue weighted by molar-refractivity contribution is 8.02. The molecule has 3 aliphatic rings. The summed E-state index contributed by atoms with van der Waals surface area (Å²) in [6.45, 7) is 4.65. The average molecular weight is 536 g/mol. The summed E-state index contributed by atoms with van der Waals surface area (Å²) in [6, 6.07) is 18.2. The third-order valence-electron chi connectivity index (χ3n) is 8.26. The second-order valence-electron chi connectivity index (χ2n) is 11.2. The second kappa shape index (κ2) is 11.1. The molecular formula is C30H37N3O4S. The fraction of sp³-hybridized carbons (Fsp3) is 0.500. The van der Waals surface area contributed by atoms with E-state index in [1.165, 1.54) is 0 Å². The molecule has 6 atom stereocenters. The van der Waals surface area contributed by atoms with E-state index in [1.807, 2.05) is 74.5 Å². The van der Waals surface area contributed by atoms with E-state index in [2.05, 4.69) is 10.6 Å². The number of amides is 3. The van der Waals surface area contributed by atoms with Crippen LogP contribution < -0.4 is 10.6 Å². The van der Waals surface area contributed by atoms with Gasteiger partial charge < -0.3 is 20.6 Å². The molecule has 2 aromatic rings. The zero-order valence-electron chi connectivity index (χ0n) is 22.0. The number of benzene rings is 2. The molecular weight excluding hydrogens is 498 g/mol. The number of thioether (sulfide) groups is 1. The first-order valence-electron chi connectivity index (χ1n) is 13.6. The quantitative estimate of drug-likeness (QED) is 0.434. The summed E-state index contributed by atoms with van der Waals surface area (Å²) >= 11 is 1.65. The Labute approximate surface area is 228 Å².